The molecule has 0 radical (unpaired) electrons. The molecule has 1 aliphatic rings. The smallest absolute Gasteiger partial charge is 0.409 e. The van der Waals surface area contributed by atoms with Crippen molar-refractivity contribution in [2.75, 3.05) is 25.5 Å². The van der Waals surface area contributed by atoms with Crippen molar-refractivity contribution in [1.29, 1.82) is 0 Å². The Morgan fingerprint density at radius 1 is 1.46 bits per heavy atom. The van der Waals surface area contributed by atoms with Crippen molar-refractivity contribution in [2.24, 2.45) is 5.92 Å². The summed E-state index contributed by atoms with van der Waals surface area (Å²) in [6.07, 6.45) is 3.58. The summed E-state index contributed by atoms with van der Waals surface area (Å²) in [5, 5.41) is 5.63. The van der Waals surface area contributed by atoms with Crippen LogP contribution in [0.4, 0.5) is 15.4 Å². The summed E-state index contributed by atoms with van der Waals surface area (Å²) in [6, 6.07) is 1.44. The Hall–Kier alpha value is -2.84. The summed E-state index contributed by atoms with van der Waals surface area (Å²) in [7, 11) is 1.37. The molecule has 3 N–H and O–H groups in total. The monoisotopic (exact) mass is 332 g/mol. The number of nitrogens with one attached hydrogen (secondary N) is 3. The van der Waals surface area contributed by atoms with Gasteiger partial charge in [-0.15, -0.1) is 0 Å². The predicted octanol–water partition coefficient (Wildman–Crippen LogP) is 1.56. The van der Waals surface area contributed by atoms with Crippen LogP contribution >= 0.6 is 0 Å². The van der Waals surface area contributed by atoms with Crippen molar-refractivity contribution in [2.45, 2.75) is 19.4 Å². The van der Waals surface area contributed by atoms with Crippen LogP contribution in [-0.4, -0.2) is 58.2 Å². The van der Waals surface area contributed by atoms with E-state index in [1.165, 1.54) is 13.3 Å². The maximum Gasteiger partial charge on any atom is 0.409 e. The number of hydrogen-bond acceptors (Lipinski definition) is 5. The fourth-order valence-electron chi connectivity index (χ4n) is 2.87. The molecule has 3 amide bonds. The third-order valence-corrected chi connectivity index (χ3v) is 4.16. The maximum absolute atomic E-state index is 12.2. The highest BCUT2D eigenvalue weighted by Crippen LogP contribution is 2.18. The Labute approximate surface area is 138 Å². The van der Waals surface area contributed by atoms with Gasteiger partial charge in [-0.1, -0.05) is 6.92 Å². The van der Waals surface area contributed by atoms with E-state index >= 15 is 0 Å². The number of fused-ring (bicyclic) bond motifs is 1. The normalized spacial score (nSPS) is 20.7. The molecule has 3 rings (SSSR count). The fraction of sp³-hybridized carbons (Fsp3) is 0.467. The number of rotatable bonds is 2. The van der Waals surface area contributed by atoms with Crippen LogP contribution in [0.25, 0.3) is 11.2 Å². The summed E-state index contributed by atoms with van der Waals surface area (Å²) < 4.78 is 4.73. The Bertz CT molecular complexity index is 746. The van der Waals surface area contributed by atoms with Gasteiger partial charge in [0.1, 0.15) is 5.52 Å². The Balaban J connectivity index is 1.56. The third-order valence-electron chi connectivity index (χ3n) is 4.16. The lowest BCUT2D eigenvalue weighted by molar-refractivity contribution is 0.0960. The number of carbonyl (C=O) groups is 2. The summed E-state index contributed by atoms with van der Waals surface area (Å²) in [5.41, 5.74) is 1.36. The number of piperidine rings is 1. The molecule has 1 saturated heterocycles. The first-order chi connectivity index (χ1) is 11.6. The van der Waals surface area contributed by atoms with Crippen LogP contribution in [0.15, 0.2) is 18.5 Å². The average molecular weight is 332 g/mol. The van der Waals surface area contributed by atoms with Gasteiger partial charge in [0.15, 0.2) is 11.5 Å². The molecule has 2 aromatic heterocycles. The number of carbonyl (C=O) groups excluding carboxylic acids is 2. The van der Waals surface area contributed by atoms with Crippen LogP contribution in [-0.2, 0) is 4.74 Å². The van der Waals surface area contributed by atoms with Gasteiger partial charge in [-0.2, -0.15) is 0 Å². The zero-order valence-electron chi connectivity index (χ0n) is 13.6. The molecule has 1 aliphatic heterocycles. The third kappa shape index (κ3) is 3.39. The number of H-pyrrole nitrogens is 1. The molecule has 2 aromatic rings. The van der Waals surface area contributed by atoms with E-state index in [0.29, 0.717) is 36.5 Å². The van der Waals surface area contributed by atoms with Crippen LogP contribution in [0.2, 0.25) is 0 Å². The van der Waals surface area contributed by atoms with Crippen molar-refractivity contribution < 1.29 is 14.3 Å². The van der Waals surface area contributed by atoms with Crippen LogP contribution in [0.1, 0.15) is 13.3 Å². The van der Waals surface area contributed by atoms with Gasteiger partial charge in [0.2, 0.25) is 0 Å². The number of nitrogens with zero attached hydrogens (tertiary/aromatic N) is 3. The second-order valence-corrected chi connectivity index (χ2v) is 5.85. The molecule has 0 bridgehead atoms. The average Bonchev–Trinajstić information content (AvgIpc) is 3.03. The van der Waals surface area contributed by atoms with Gasteiger partial charge in [-0.3, -0.25) is 5.32 Å². The minimum Gasteiger partial charge on any atom is -0.453 e. The number of aromatic amines is 1. The molecule has 128 valence electrons. The molecular formula is C15H20N6O3. The molecule has 9 heteroatoms. The molecule has 0 aromatic carbocycles. The number of ether oxygens (including phenoxy) is 1. The number of likely N-dealkylation sites (tertiary alicyclic amines) is 1. The lowest BCUT2D eigenvalue weighted by Crippen LogP contribution is -2.52. The Kier molecular flexibility index (Phi) is 4.50. The topological polar surface area (TPSA) is 112 Å². The van der Waals surface area contributed by atoms with E-state index in [-0.39, 0.29) is 24.1 Å². The van der Waals surface area contributed by atoms with Gasteiger partial charge in [0, 0.05) is 25.3 Å². The van der Waals surface area contributed by atoms with Crippen molar-refractivity contribution in [1.82, 2.24) is 25.2 Å². The summed E-state index contributed by atoms with van der Waals surface area (Å²) in [5.74, 6) is 0.515. The molecule has 3 heterocycles. The number of urea groups is 1. The molecule has 2 atom stereocenters. The van der Waals surface area contributed by atoms with Gasteiger partial charge in [0.25, 0.3) is 0 Å². The van der Waals surface area contributed by atoms with Crippen LogP contribution in [0.3, 0.4) is 0 Å². The highest BCUT2D eigenvalue weighted by molar-refractivity contribution is 5.89. The van der Waals surface area contributed by atoms with Gasteiger partial charge < -0.3 is 19.9 Å². The summed E-state index contributed by atoms with van der Waals surface area (Å²) in [4.78, 5) is 36.8. The molecule has 24 heavy (non-hydrogen) atoms. The van der Waals surface area contributed by atoms with E-state index in [4.69, 9.17) is 4.74 Å². The van der Waals surface area contributed by atoms with E-state index in [1.807, 2.05) is 6.92 Å². The van der Waals surface area contributed by atoms with Crippen LogP contribution in [0.5, 0.6) is 0 Å². The quantitative estimate of drug-likeness (QED) is 0.772. The highest BCUT2D eigenvalue weighted by Gasteiger charge is 2.30. The number of amides is 3. The van der Waals surface area contributed by atoms with Crippen molar-refractivity contribution in [3.8, 4) is 0 Å². The Morgan fingerprint density at radius 3 is 3.04 bits per heavy atom. The van der Waals surface area contributed by atoms with E-state index in [1.54, 1.807) is 17.2 Å². The number of aromatic nitrogens is 3. The second-order valence-electron chi connectivity index (χ2n) is 5.85. The lowest BCUT2D eigenvalue weighted by Gasteiger charge is -2.36. The zero-order chi connectivity index (χ0) is 17.1. The number of methoxy groups -OCH3 is 1. The fourth-order valence-corrected chi connectivity index (χ4v) is 2.87. The van der Waals surface area contributed by atoms with Gasteiger partial charge >= 0.3 is 12.1 Å². The van der Waals surface area contributed by atoms with Gasteiger partial charge in [-0.05, 0) is 18.4 Å². The zero-order valence-corrected chi connectivity index (χ0v) is 13.6. The number of anilines is 1. The molecule has 1 fully saturated rings. The first-order valence-corrected chi connectivity index (χ1v) is 7.77. The van der Waals surface area contributed by atoms with Gasteiger partial charge in [0.05, 0.1) is 13.3 Å². The van der Waals surface area contributed by atoms with Crippen molar-refractivity contribution >= 4 is 29.1 Å². The summed E-state index contributed by atoms with van der Waals surface area (Å²) in [6.45, 7) is 3.09. The molecular weight excluding hydrogens is 312 g/mol. The minimum absolute atomic E-state index is 0.0187. The first kappa shape index (κ1) is 16.0. The second kappa shape index (κ2) is 6.73. The van der Waals surface area contributed by atoms with Crippen LogP contribution < -0.4 is 10.6 Å². The minimum atomic E-state index is -0.333. The molecule has 0 saturated carbocycles. The van der Waals surface area contributed by atoms with E-state index in [9.17, 15) is 9.59 Å². The van der Waals surface area contributed by atoms with Crippen LogP contribution in [0, 0.1) is 5.92 Å². The Morgan fingerprint density at radius 2 is 2.29 bits per heavy atom. The molecule has 2 unspecified atom stereocenters. The number of hydrogen-bond donors (Lipinski definition) is 3. The largest absolute Gasteiger partial charge is 0.453 e. The van der Waals surface area contributed by atoms with Gasteiger partial charge in [-0.25, -0.2) is 19.6 Å². The SMILES string of the molecule is COC(=O)N1CCC(NC(=O)Nc2cnc3[nH]ccc3n2)C(C)C1. The highest BCUT2D eigenvalue weighted by atomic mass is 16.5. The summed E-state index contributed by atoms with van der Waals surface area (Å²) >= 11 is 0. The van der Waals surface area contributed by atoms with Crippen molar-refractivity contribution in [3.05, 3.63) is 18.5 Å². The van der Waals surface area contributed by atoms with E-state index in [0.717, 1.165) is 0 Å². The molecule has 9 nitrogen and oxygen atoms in total. The molecule has 0 aliphatic carbocycles. The predicted molar refractivity (Wildman–Crippen MR) is 87.6 cm³/mol. The molecule has 0 spiro atoms. The first-order valence-electron chi connectivity index (χ1n) is 7.77. The van der Waals surface area contributed by atoms with E-state index < -0.39 is 0 Å². The van der Waals surface area contributed by atoms with Crippen molar-refractivity contribution in [3.63, 3.8) is 0 Å². The lowest BCUT2D eigenvalue weighted by atomic mass is 9.94. The maximum atomic E-state index is 12.2. The van der Waals surface area contributed by atoms with E-state index in [2.05, 4.69) is 25.6 Å². The standard InChI is InChI=1S/C15H20N6O3/c1-9-8-21(15(23)24-2)6-4-10(9)19-14(22)20-12-7-17-13-11(18-12)3-5-16-13/h3,5,7,9-10H,4,6,8H2,1-2H3,(H,16,17)(H2,18,19,20,22).